The largest absolute Gasteiger partial charge is 0.326 e. The Bertz CT molecular complexity index is 550. The third kappa shape index (κ3) is 3.74. The molecule has 0 amide bonds. The van der Waals surface area contributed by atoms with Gasteiger partial charge in [-0.1, -0.05) is 0 Å². The minimum atomic E-state index is -3.46. The lowest BCUT2D eigenvalue weighted by Crippen LogP contribution is -2.36. The third-order valence-corrected chi connectivity index (χ3v) is 8.35. The van der Waals surface area contributed by atoms with Crippen LogP contribution in [0.5, 0.6) is 0 Å². The second-order valence-electron chi connectivity index (χ2n) is 4.78. The highest BCUT2D eigenvalue weighted by Gasteiger charge is 2.31. The zero-order valence-corrected chi connectivity index (χ0v) is 14.6. The number of hydrogen-bond acceptors (Lipinski definition) is 5. The summed E-state index contributed by atoms with van der Waals surface area (Å²) in [5.74, 6) is 1.11. The molecular weight excluding hydrogens is 368 g/mol. The van der Waals surface area contributed by atoms with Gasteiger partial charge in [0.1, 0.15) is 4.90 Å². The van der Waals surface area contributed by atoms with Gasteiger partial charge >= 0.3 is 0 Å². The van der Waals surface area contributed by atoms with Crippen molar-refractivity contribution < 1.29 is 8.42 Å². The summed E-state index contributed by atoms with van der Waals surface area (Å²) in [6.07, 6.45) is 2.21. The Balaban J connectivity index is 2.11. The van der Waals surface area contributed by atoms with Gasteiger partial charge in [0.2, 0.25) is 10.0 Å². The Kier molecular flexibility index (Phi) is 5.01. The first-order chi connectivity index (χ1) is 8.86. The molecule has 4 nitrogen and oxygen atoms in total. The van der Waals surface area contributed by atoms with Gasteiger partial charge in [-0.25, -0.2) is 13.1 Å². The monoisotopic (exact) mass is 384 g/mol. The fourth-order valence-corrected chi connectivity index (χ4v) is 7.05. The summed E-state index contributed by atoms with van der Waals surface area (Å²) in [6, 6.07) is 1.64. The van der Waals surface area contributed by atoms with Gasteiger partial charge in [0.05, 0.1) is 3.79 Å². The molecule has 1 aromatic heterocycles. The lowest BCUT2D eigenvalue weighted by Gasteiger charge is -2.22. The van der Waals surface area contributed by atoms with Crippen molar-refractivity contribution in [2.24, 2.45) is 5.73 Å². The van der Waals surface area contributed by atoms with Crippen molar-refractivity contribution in [1.29, 1.82) is 0 Å². The molecule has 1 aromatic rings. The van der Waals surface area contributed by atoms with E-state index in [0.29, 0.717) is 21.8 Å². The highest BCUT2D eigenvalue weighted by Crippen LogP contribution is 2.38. The zero-order chi connectivity index (χ0) is 14.1. The van der Waals surface area contributed by atoms with Crippen molar-refractivity contribution in [3.63, 3.8) is 0 Å². The second-order valence-corrected chi connectivity index (χ2v) is 10.7. The van der Waals surface area contributed by atoms with Crippen molar-refractivity contribution in [2.45, 2.75) is 36.0 Å². The predicted molar refractivity (Wildman–Crippen MR) is 85.2 cm³/mol. The maximum atomic E-state index is 12.3. The summed E-state index contributed by atoms with van der Waals surface area (Å²) in [4.78, 5) is 1.15. The summed E-state index contributed by atoms with van der Waals surface area (Å²) in [7, 11) is -3.46. The van der Waals surface area contributed by atoms with E-state index in [-0.39, 0.29) is 4.75 Å². The van der Waals surface area contributed by atoms with Gasteiger partial charge in [-0.2, -0.15) is 11.8 Å². The molecule has 108 valence electrons. The molecule has 2 rings (SSSR count). The predicted octanol–water partition coefficient (Wildman–Crippen LogP) is 2.53. The number of halogens is 1. The van der Waals surface area contributed by atoms with Crippen LogP contribution in [0.1, 0.15) is 24.6 Å². The number of rotatable bonds is 5. The Hall–Kier alpha value is 0.400. The molecule has 1 saturated heterocycles. The maximum absolute atomic E-state index is 12.3. The fraction of sp³-hybridized carbons (Fsp3) is 0.636. The smallest absolute Gasteiger partial charge is 0.242 e. The number of nitrogens with two attached hydrogens (primary N) is 1. The van der Waals surface area contributed by atoms with E-state index in [1.165, 1.54) is 11.3 Å². The van der Waals surface area contributed by atoms with Crippen LogP contribution in [0.15, 0.2) is 14.7 Å². The normalized spacial score (nSPS) is 23.9. The van der Waals surface area contributed by atoms with Crippen LogP contribution in [0, 0.1) is 0 Å². The SMILES string of the molecule is CC1(CNS(=O)(=O)c2cc(CN)sc2Br)CCCS1. The molecular formula is C11H17BrN2O2S3. The van der Waals surface area contributed by atoms with Crippen LogP contribution < -0.4 is 10.5 Å². The van der Waals surface area contributed by atoms with Crippen molar-refractivity contribution in [1.82, 2.24) is 4.72 Å². The molecule has 1 unspecified atom stereocenters. The average molecular weight is 385 g/mol. The maximum Gasteiger partial charge on any atom is 0.242 e. The van der Waals surface area contributed by atoms with Crippen LogP contribution in [-0.4, -0.2) is 25.5 Å². The standard InChI is InChI=1S/C11H17BrN2O2S3/c1-11(3-2-4-17-11)7-14-19(15,16)9-5-8(6-13)18-10(9)12/h5,14H,2-4,6-7,13H2,1H3. The van der Waals surface area contributed by atoms with E-state index >= 15 is 0 Å². The molecule has 1 aliphatic heterocycles. The first-order valence-electron chi connectivity index (χ1n) is 5.98. The number of hydrogen-bond donors (Lipinski definition) is 2. The summed E-state index contributed by atoms with van der Waals surface area (Å²) in [5, 5.41) is 0. The molecule has 8 heteroatoms. The lowest BCUT2D eigenvalue weighted by atomic mass is 10.1. The molecule has 0 saturated carbocycles. The molecule has 0 aliphatic carbocycles. The van der Waals surface area contributed by atoms with Crippen LogP contribution >= 0.6 is 39.0 Å². The molecule has 2 heterocycles. The van der Waals surface area contributed by atoms with Crippen LogP contribution in [0.3, 0.4) is 0 Å². The van der Waals surface area contributed by atoms with Crippen LogP contribution in [0.4, 0.5) is 0 Å². The van der Waals surface area contributed by atoms with E-state index in [1.807, 2.05) is 11.8 Å². The zero-order valence-electron chi connectivity index (χ0n) is 10.6. The van der Waals surface area contributed by atoms with Gasteiger partial charge in [-0.3, -0.25) is 0 Å². The minimum absolute atomic E-state index is 0.0201. The van der Waals surface area contributed by atoms with Gasteiger partial charge in [0, 0.05) is 22.7 Å². The van der Waals surface area contributed by atoms with Crippen molar-refractivity contribution in [2.75, 3.05) is 12.3 Å². The van der Waals surface area contributed by atoms with Gasteiger partial charge in [-0.15, -0.1) is 11.3 Å². The first-order valence-corrected chi connectivity index (χ1v) is 10.1. The Labute approximate surface area is 130 Å². The second kappa shape index (κ2) is 6.03. The molecule has 3 N–H and O–H groups in total. The topological polar surface area (TPSA) is 72.2 Å². The van der Waals surface area contributed by atoms with E-state index in [2.05, 4.69) is 27.6 Å². The highest BCUT2D eigenvalue weighted by molar-refractivity contribution is 9.11. The highest BCUT2D eigenvalue weighted by atomic mass is 79.9. The molecule has 19 heavy (non-hydrogen) atoms. The van der Waals surface area contributed by atoms with E-state index < -0.39 is 10.0 Å². The summed E-state index contributed by atoms with van der Waals surface area (Å²) >= 11 is 6.50. The minimum Gasteiger partial charge on any atom is -0.326 e. The van der Waals surface area contributed by atoms with Crippen molar-refractivity contribution in [3.8, 4) is 0 Å². The quantitative estimate of drug-likeness (QED) is 0.817. The van der Waals surface area contributed by atoms with Gasteiger partial charge < -0.3 is 5.73 Å². The van der Waals surface area contributed by atoms with E-state index in [4.69, 9.17) is 5.73 Å². The van der Waals surface area contributed by atoms with E-state index in [9.17, 15) is 8.42 Å². The average Bonchev–Trinajstić information content (AvgIpc) is 2.94. The van der Waals surface area contributed by atoms with E-state index in [1.54, 1.807) is 6.07 Å². The number of thiophene rings is 1. The van der Waals surface area contributed by atoms with Crippen molar-refractivity contribution >= 4 is 49.1 Å². The molecule has 1 fully saturated rings. The van der Waals surface area contributed by atoms with Gasteiger partial charge in [-0.05, 0) is 47.5 Å². The Morgan fingerprint density at radius 2 is 2.32 bits per heavy atom. The molecule has 0 spiro atoms. The molecule has 1 aliphatic rings. The van der Waals surface area contributed by atoms with Crippen LogP contribution in [-0.2, 0) is 16.6 Å². The lowest BCUT2D eigenvalue weighted by molar-refractivity contribution is 0.552. The van der Waals surface area contributed by atoms with E-state index in [0.717, 1.165) is 23.5 Å². The number of thioether (sulfide) groups is 1. The number of nitrogens with one attached hydrogen (secondary N) is 1. The molecule has 0 aromatic carbocycles. The molecule has 0 bridgehead atoms. The fourth-order valence-electron chi connectivity index (χ4n) is 1.98. The van der Waals surface area contributed by atoms with Gasteiger partial charge in [0.15, 0.2) is 0 Å². The number of sulfonamides is 1. The van der Waals surface area contributed by atoms with Crippen LogP contribution in [0.25, 0.3) is 0 Å². The third-order valence-electron chi connectivity index (χ3n) is 3.13. The summed E-state index contributed by atoms with van der Waals surface area (Å²) in [5.41, 5.74) is 5.54. The van der Waals surface area contributed by atoms with Crippen LogP contribution in [0.2, 0.25) is 0 Å². The summed E-state index contributed by atoms with van der Waals surface area (Å²) < 4.78 is 28.0. The summed E-state index contributed by atoms with van der Waals surface area (Å²) in [6.45, 7) is 2.94. The van der Waals surface area contributed by atoms with Gasteiger partial charge in [0.25, 0.3) is 0 Å². The molecule has 1 atom stereocenters. The van der Waals surface area contributed by atoms with Crippen molar-refractivity contribution in [3.05, 3.63) is 14.7 Å². The Morgan fingerprint density at radius 1 is 1.58 bits per heavy atom. The molecule has 0 radical (unpaired) electrons. The Morgan fingerprint density at radius 3 is 2.84 bits per heavy atom. The first kappa shape index (κ1) is 15.8.